The maximum atomic E-state index is 12.1. The Kier molecular flexibility index (Phi) is 6.46. The van der Waals surface area contributed by atoms with E-state index in [4.69, 9.17) is 18.8 Å². The lowest BCUT2D eigenvalue weighted by atomic mass is 9.77. The Morgan fingerprint density at radius 2 is 1.86 bits per heavy atom. The first-order chi connectivity index (χ1) is 12.8. The molecule has 0 aliphatic carbocycles. The summed E-state index contributed by atoms with van der Waals surface area (Å²) in [7, 11) is 0.942. The van der Waals surface area contributed by atoms with Crippen molar-refractivity contribution >= 4 is 19.3 Å². The summed E-state index contributed by atoms with van der Waals surface area (Å²) in [5.74, 6) is 0.480. The molecule has 1 fully saturated rings. The van der Waals surface area contributed by atoms with Gasteiger partial charge in [-0.25, -0.2) is 9.78 Å². The second-order valence-corrected chi connectivity index (χ2v) is 8.76. The molecule has 28 heavy (non-hydrogen) atoms. The first-order valence-corrected chi connectivity index (χ1v) is 9.36. The summed E-state index contributed by atoms with van der Waals surface area (Å²) >= 11 is 0. The Hall–Kier alpha value is -2.06. The number of nitrogens with zero attached hydrogens (tertiary/aromatic N) is 1. The van der Waals surface area contributed by atoms with Gasteiger partial charge in [0.25, 0.3) is 0 Å². The molecule has 0 spiro atoms. The standard InChI is InChI=1S/C20H31BN2O5/c1-18(2,3)26-17(24)23-13-15(12-14-10-9-11-22-16(14)25-8)21-27-19(4,5)20(6,7)28-21/h9-12H,13H2,1-8H3,(H,23,24). The number of aromatic nitrogens is 1. The van der Waals surface area contributed by atoms with Crippen LogP contribution in [0.1, 0.15) is 54.0 Å². The molecule has 1 aromatic heterocycles. The van der Waals surface area contributed by atoms with Gasteiger partial charge in [0.2, 0.25) is 5.88 Å². The first kappa shape index (κ1) is 22.2. The van der Waals surface area contributed by atoms with Crippen molar-refractivity contribution < 1.29 is 23.6 Å². The summed E-state index contributed by atoms with van der Waals surface area (Å²) < 4.78 is 23.0. The normalized spacial score (nSPS) is 18.7. The Morgan fingerprint density at radius 1 is 1.25 bits per heavy atom. The fourth-order valence-corrected chi connectivity index (χ4v) is 2.57. The number of carbonyl (C=O) groups excluding carboxylic acids is 1. The summed E-state index contributed by atoms with van der Waals surface area (Å²) in [6.45, 7) is 13.6. The van der Waals surface area contributed by atoms with Crippen molar-refractivity contribution in [2.24, 2.45) is 0 Å². The Bertz CT molecular complexity index is 724. The second-order valence-electron chi connectivity index (χ2n) is 8.76. The minimum Gasteiger partial charge on any atom is -0.481 e. The number of carbonyl (C=O) groups is 1. The van der Waals surface area contributed by atoms with Crippen LogP contribution >= 0.6 is 0 Å². The lowest BCUT2D eigenvalue weighted by molar-refractivity contribution is 0.00578. The lowest BCUT2D eigenvalue weighted by Crippen LogP contribution is -2.41. The van der Waals surface area contributed by atoms with Crippen LogP contribution in [0.3, 0.4) is 0 Å². The SMILES string of the molecule is COc1ncccc1C=C(CNC(=O)OC(C)(C)C)B1OC(C)(C)C(C)(C)O1. The van der Waals surface area contributed by atoms with Gasteiger partial charge in [0.05, 0.1) is 18.3 Å². The van der Waals surface area contributed by atoms with Gasteiger partial charge in [-0.3, -0.25) is 0 Å². The van der Waals surface area contributed by atoms with E-state index in [-0.39, 0.29) is 6.54 Å². The molecule has 154 valence electrons. The number of rotatable bonds is 5. The van der Waals surface area contributed by atoms with Gasteiger partial charge in [-0.05, 0) is 66.1 Å². The van der Waals surface area contributed by atoms with Gasteiger partial charge in [0.15, 0.2) is 0 Å². The molecule has 0 bridgehead atoms. The van der Waals surface area contributed by atoms with Crippen molar-refractivity contribution in [2.45, 2.75) is 65.3 Å². The van der Waals surface area contributed by atoms with Crippen LogP contribution in [0.15, 0.2) is 23.8 Å². The fourth-order valence-electron chi connectivity index (χ4n) is 2.57. The number of hydrogen-bond acceptors (Lipinski definition) is 6. The molecule has 1 aromatic rings. The molecule has 0 aromatic carbocycles. The predicted molar refractivity (Wildman–Crippen MR) is 109 cm³/mol. The molecule has 1 aliphatic rings. The second kappa shape index (κ2) is 8.13. The topological polar surface area (TPSA) is 78.9 Å². The molecular formula is C20H31BN2O5. The zero-order chi connectivity index (χ0) is 21.2. The number of amides is 1. The van der Waals surface area contributed by atoms with Crippen LogP contribution in [-0.2, 0) is 14.0 Å². The van der Waals surface area contributed by atoms with Crippen molar-refractivity contribution in [3.05, 3.63) is 29.4 Å². The average molecular weight is 390 g/mol. The van der Waals surface area contributed by atoms with Crippen LogP contribution in [-0.4, -0.2) is 48.7 Å². The molecule has 0 saturated carbocycles. The predicted octanol–water partition coefficient (Wildman–Crippen LogP) is 3.63. The highest BCUT2D eigenvalue weighted by Crippen LogP contribution is 2.39. The molecule has 8 heteroatoms. The number of nitrogens with one attached hydrogen (secondary N) is 1. The van der Waals surface area contributed by atoms with Crippen molar-refractivity contribution in [3.8, 4) is 5.88 Å². The minimum absolute atomic E-state index is 0.198. The average Bonchev–Trinajstić information content (AvgIpc) is 2.78. The number of ether oxygens (including phenoxy) is 2. The van der Waals surface area contributed by atoms with E-state index in [0.29, 0.717) is 5.88 Å². The highest BCUT2D eigenvalue weighted by atomic mass is 16.7. The number of hydrogen-bond donors (Lipinski definition) is 1. The summed E-state index contributed by atoms with van der Waals surface area (Å²) in [6.07, 6.45) is 3.02. The Labute approximate surface area is 167 Å². The highest BCUT2D eigenvalue weighted by molar-refractivity contribution is 6.56. The molecule has 1 N–H and O–H groups in total. The fraction of sp³-hybridized carbons (Fsp3) is 0.600. The molecule has 2 heterocycles. The van der Waals surface area contributed by atoms with Gasteiger partial charge in [-0.1, -0.05) is 6.08 Å². The molecule has 1 amide bonds. The number of methoxy groups -OCH3 is 1. The molecule has 2 rings (SSSR count). The van der Waals surface area contributed by atoms with Crippen LogP contribution in [0, 0.1) is 0 Å². The van der Waals surface area contributed by atoms with Crippen LogP contribution < -0.4 is 10.1 Å². The van der Waals surface area contributed by atoms with Crippen molar-refractivity contribution in [1.29, 1.82) is 0 Å². The maximum Gasteiger partial charge on any atom is 0.492 e. The molecule has 0 atom stereocenters. The van der Waals surface area contributed by atoms with Crippen LogP contribution in [0.25, 0.3) is 6.08 Å². The van der Waals surface area contributed by atoms with E-state index in [9.17, 15) is 4.79 Å². The summed E-state index contributed by atoms with van der Waals surface area (Å²) in [5, 5.41) is 2.78. The lowest BCUT2D eigenvalue weighted by Gasteiger charge is -2.32. The van der Waals surface area contributed by atoms with Gasteiger partial charge in [0.1, 0.15) is 5.60 Å². The minimum atomic E-state index is -0.621. The smallest absolute Gasteiger partial charge is 0.481 e. The summed E-state index contributed by atoms with van der Waals surface area (Å²) in [5.41, 5.74) is -0.0784. The third kappa shape index (κ3) is 5.48. The van der Waals surface area contributed by atoms with Crippen molar-refractivity contribution in [3.63, 3.8) is 0 Å². The largest absolute Gasteiger partial charge is 0.492 e. The van der Waals surface area contributed by atoms with E-state index >= 15 is 0 Å². The third-order valence-electron chi connectivity index (χ3n) is 4.73. The molecule has 7 nitrogen and oxygen atoms in total. The molecule has 1 saturated heterocycles. The van der Waals surface area contributed by atoms with Gasteiger partial charge >= 0.3 is 13.2 Å². The van der Waals surface area contributed by atoms with E-state index in [0.717, 1.165) is 11.0 Å². The first-order valence-electron chi connectivity index (χ1n) is 9.36. The maximum absolute atomic E-state index is 12.1. The van der Waals surface area contributed by atoms with Gasteiger partial charge in [0, 0.05) is 18.3 Å². The molecule has 0 unspecified atom stereocenters. The van der Waals surface area contributed by atoms with Crippen molar-refractivity contribution in [2.75, 3.05) is 13.7 Å². The highest BCUT2D eigenvalue weighted by Gasteiger charge is 2.52. The monoisotopic (exact) mass is 390 g/mol. The Morgan fingerprint density at radius 3 is 2.39 bits per heavy atom. The van der Waals surface area contributed by atoms with E-state index in [2.05, 4.69) is 10.3 Å². The molecule has 0 radical (unpaired) electrons. The van der Waals surface area contributed by atoms with E-state index in [1.165, 1.54) is 0 Å². The zero-order valence-corrected chi connectivity index (χ0v) is 18.1. The van der Waals surface area contributed by atoms with Crippen LogP contribution in [0.2, 0.25) is 0 Å². The van der Waals surface area contributed by atoms with Crippen molar-refractivity contribution in [1.82, 2.24) is 10.3 Å². The van der Waals surface area contributed by atoms with Gasteiger partial charge < -0.3 is 24.1 Å². The van der Waals surface area contributed by atoms with E-state index in [1.807, 2.05) is 66.7 Å². The van der Waals surface area contributed by atoms with Crippen LogP contribution in [0.4, 0.5) is 4.79 Å². The summed E-state index contributed by atoms with van der Waals surface area (Å²) in [6, 6.07) is 3.70. The van der Waals surface area contributed by atoms with Crippen LogP contribution in [0.5, 0.6) is 5.88 Å². The number of pyridine rings is 1. The summed E-state index contributed by atoms with van der Waals surface area (Å²) in [4.78, 5) is 16.3. The molecule has 1 aliphatic heterocycles. The quantitative estimate of drug-likeness (QED) is 0.774. The van der Waals surface area contributed by atoms with E-state index in [1.54, 1.807) is 13.3 Å². The Balaban J connectivity index is 2.29. The zero-order valence-electron chi connectivity index (χ0n) is 18.1. The van der Waals surface area contributed by atoms with E-state index < -0.39 is 30.0 Å². The van der Waals surface area contributed by atoms with Gasteiger partial charge in [-0.15, -0.1) is 0 Å². The molecular weight excluding hydrogens is 359 g/mol. The van der Waals surface area contributed by atoms with Gasteiger partial charge in [-0.2, -0.15) is 0 Å². The number of alkyl carbamates (subject to hydrolysis) is 1. The third-order valence-corrected chi connectivity index (χ3v) is 4.73.